The monoisotopic (exact) mass is 238 g/mol. The summed E-state index contributed by atoms with van der Waals surface area (Å²) in [5.41, 5.74) is 0. The molecule has 4 heterocycles. The molecule has 4 fully saturated rings. The number of fused-ring (bicyclic) bond motifs is 2. The van der Waals surface area contributed by atoms with Gasteiger partial charge >= 0.3 is 0 Å². The van der Waals surface area contributed by atoms with Crippen molar-refractivity contribution < 1.29 is 0 Å². The van der Waals surface area contributed by atoms with Crippen LogP contribution in [0.1, 0.15) is 0 Å². The predicted molar refractivity (Wildman–Crippen MR) is 60.7 cm³/mol. The van der Waals surface area contributed by atoms with Gasteiger partial charge in [-0.25, -0.2) is 0 Å². The summed E-state index contributed by atoms with van der Waals surface area (Å²) >= 11 is 10.9. The minimum absolute atomic E-state index is 0.760. The van der Waals surface area contributed by atoms with Crippen LogP contribution in [0.3, 0.4) is 0 Å². The predicted octanol–water partition coefficient (Wildman–Crippen LogP) is 2.75. The maximum atomic E-state index is 2.19. The zero-order chi connectivity index (χ0) is 7.10. The van der Waals surface area contributed by atoms with Crippen LogP contribution in [0.25, 0.3) is 0 Å². The molecule has 0 N–H and O–H groups in total. The lowest BCUT2D eigenvalue weighted by Gasteiger charge is -2.01. The van der Waals surface area contributed by atoms with Gasteiger partial charge in [-0.05, 0) is 0 Å². The van der Waals surface area contributed by atoms with Crippen LogP contribution in [0, 0.1) is 0 Å². The third kappa shape index (κ3) is 0.981. The zero-order valence-corrected chi connectivity index (χ0v) is 9.69. The van der Waals surface area contributed by atoms with Crippen LogP contribution in [0.5, 0.6) is 0 Å². The van der Waals surface area contributed by atoms with Gasteiger partial charge in [-0.2, -0.15) is 11.8 Å². The van der Waals surface area contributed by atoms with Gasteiger partial charge in [0.1, 0.15) is 0 Å². The van der Waals surface area contributed by atoms with Crippen molar-refractivity contribution in [1.29, 1.82) is 0 Å². The van der Waals surface area contributed by atoms with Gasteiger partial charge in [0.25, 0.3) is 0 Å². The molecule has 0 spiro atoms. The molecule has 0 aromatic rings. The fourth-order valence-corrected chi connectivity index (χ4v) is 8.91. The summed E-state index contributed by atoms with van der Waals surface area (Å²) in [4.78, 5) is 0. The largest absolute Gasteiger partial charge is 0.157 e. The van der Waals surface area contributed by atoms with Crippen LogP contribution in [-0.4, -0.2) is 28.8 Å². The normalized spacial score (nSPS) is 66.5. The highest BCUT2D eigenvalue weighted by molar-refractivity contribution is 8.47. The van der Waals surface area contributed by atoms with Gasteiger partial charge in [-0.15, -0.1) is 47.0 Å². The smallest absolute Gasteiger partial charge is 0.0934 e. The van der Waals surface area contributed by atoms with E-state index < -0.39 is 0 Å². The molecular weight excluding hydrogens is 232 g/mol. The van der Waals surface area contributed by atoms with Gasteiger partial charge in [-0.1, -0.05) is 0 Å². The van der Waals surface area contributed by atoms with E-state index >= 15 is 0 Å². The van der Waals surface area contributed by atoms with Crippen LogP contribution in [0.15, 0.2) is 0 Å². The van der Waals surface area contributed by atoms with Gasteiger partial charge in [-0.3, -0.25) is 0 Å². The van der Waals surface area contributed by atoms with Crippen molar-refractivity contribution in [2.24, 2.45) is 0 Å². The molecule has 0 aromatic heterocycles. The van der Waals surface area contributed by atoms with E-state index in [-0.39, 0.29) is 0 Å². The SMILES string of the molecule is C(SCC12SC1S2)C12SC1S2. The topological polar surface area (TPSA) is 0 Å². The molecule has 0 bridgehead atoms. The van der Waals surface area contributed by atoms with Gasteiger partial charge in [0.05, 0.1) is 17.3 Å². The average molecular weight is 238 g/mol. The molecule has 5 heteroatoms. The number of hydrogen-bond donors (Lipinski definition) is 0. The van der Waals surface area contributed by atoms with E-state index in [0.717, 1.165) is 17.3 Å². The molecule has 4 aliphatic heterocycles. The van der Waals surface area contributed by atoms with Crippen molar-refractivity contribution in [3.63, 3.8) is 0 Å². The summed E-state index contributed by atoms with van der Waals surface area (Å²) in [6.45, 7) is 0. The van der Waals surface area contributed by atoms with E-state index in [1.54, 1.807) is 0 Å². The van der Waals surface area contributed by atoms with E-state index in [1.807, 2.05) is 0 Å². The van der Waals surface area contributed by atoms with Crippen molar-refractivity contribution in [3.05, 3.63) is 0 Å². The van der Waals surface area contributed by atoms with E-state index in [0.29, 0.717) is 0 Å². The van der Waals surface area contributed by atoms with Crippen LogP contribution in [-0.2, 0) is 0 Å². The Bertz CT molecular complexity index is 203. The van der Waals surface area contributed by atoms with Gasteiger partial charge in [0.15, 0.2) is 0 Å². The second kappa shape index (κ2) is 1.90. The molecule has 11 heavy (non-hydrogen) atoms. The Morgan fingerprint density at radius 3 is 1.55 bits per heavy atom. The molecule has 4 saturated heterocycles. The Kier molecular flexibility index (Phi) is 1.22. The highest BCUT2D eigenvalue weighted by Gasteiger charge is 2.75. The Labute approximate surface area is 87.2 Å². The summed E-state index contributed by atoms with van der Waals surface area (Å²) in [6, 6.07) is 0. The average Bonchev–Trinajstić information content (AvgIpc) is 2.55. The molecule has 0 nitrogen and oxygen atoms in total. The molecule has 60 valence electrons. The lowest BCUT2D eigenvalue weighted by atomic mass is 10.6. The standard InChI is InChI=1S/C6H6S5/c1(5-3(8-5)9-5)7-2-6-4(10-6)11-6/h3-4H,1-2H2. The Morgan fingerprint density at radius 2 is 1.27 bits per heavy atom. The van der Waals surface area contributed by atoms with Crippen LogP contribution >= 0.6 is 58.8 Å². The first-order valence-electron chi connectivity index (χ1n) is 3.62. The van der Waals surface area contributed by atoms with Gasteiger partial charge in [0, 0.05) is 11.5 Å². The molecule has 0 radical (unpaired) electrons. The Hall–Kier alpha value is 1.75. The van der Waals surface area contributed by atoms with E-state index in [2.05, 4.69) is 58.8 Å². The van der Waals surface area contributed by atoms with Crippen LogP contribution in [0.2, 0.25) is 0 Å². The van der Waals surface area contributed by atoms with Crippen LogP contribution < -0.4 is 0 Å². The summed E-state index contributed by atoms with van der Waals surface area (Å²) < 4.78 is 3.58. The minimum Gasteiger partial charge on any atom is -0.157 e. The molecule has 0 unspecified atom stereocenters. The lowest BCUT2D eigenvalue weighted by Crippen LogP contribution is -1.99. The van der Waals surface area contributed by atoms with Crippen LogP contribution in [0.4, 0.5) is 0 Å². The highest BCUT2D eigenvalue weighted by Crippen LogP contribution is 2.86. The third-order valence-electron chi connectivity index (χ3n) is 2.32. The second-order valence-corrected chi connectivity index (χ2v) is 11.1. The van der Waals surface area contributed by atoms with E-state index in [4.69, 9.17) is 0 Å². The molecule has 0 aromatic carbocycles. The number of rotatable bonds is 4. The molecule has 4 rings (SSSR count). The maximum absolute atomic E-state index is 2.19. The van der Waals surface area contributed by atoms with Crippen molar-refractivity contribution in [1.82, 2.24) is 0 Å². The van der Waals surface area contributed by atoms with Gasteiger partial charge < -0.3 is 0 Å². The first-order valence-corrected chi connectivity index (χ1v) is 8.29. The molecule has 0 aliphatic carbocycles. The molecule has 0 atom stereocenters. The molecule has 0 amide bonds. The first kappa shape index (κ1) is 7.10. The number of hydrogen-bond acceptors (Lipinski definition) is 5. The fourth-order valence-electron chi connectivity index (χ4n) is 1.21. The van der Waals surface area contributed by atoms with Crippen molar-refractivity contribution >= 4 is 58.8 Å². The van der Waals surface area contributed by atoms with Gasteiger partial charge in [0.2, 0.25) is 0 Å². The zero-order valence-electron chi connectivity index (χ0n) is 5.61. The minimum atomic E-state index is 0.760. The lowest BCUT2D eigenvalue weighted by molar-refractivity contribution is 1.21. The second-order valence-electron chi connectivity index (χ2n) is 3.25. The quantitative estimate of drug-likeness (QED) is 0.689. The number of thioether (sulfide) groups is 5. The molecule has 4 aliphatic rings. The summed E-state index contributed by atoms with van der Waals surface area (Å²) in [5, 5.41) is 0. The molecular formula is C6H6S5. The fraction of sp³-hybridized carbons (Fsp3) is 1.00. The van der Waals surface area contributed by atoms with Crippen molar-refractivity contribution in [2.75, 3.05) is 11.5 Å². The Morgan fingerprint density at radius 1 is 0.909 bits per heavy atom. The van der Waals surface area contributed by atoms with Crippen molar-refractivity contribution in [3.8, 4) is 0 Å². The summed E-state index contributed by atoms with van der Waals surface area (Å²) in [7, 11) is 0. The summed E-state index contributed by atoms with van der Waals surface area (Å²) in [6.07, 6.45) is 0. The molecule has 0 saturated carbocycles. The highest BCUT2D eigenvalue weighted by atomic mass is 32.3. The van der Waals surface area contributed by atoms with E-state index in [9.17, 15) is 0 Å². The Balaban J connectivity index is 1.29. The van der Waals surface area contributed by atoms with E-state index in [1.165, 1.54) is 11.5 Å². The van der Waals surface area contributed by atoms with Crippen molar-refractivity contribution in [2.45, 2.75) is 17.3 Å². The first-order chi connectivity index (χ1) is 5.33. The maximum Gasteiger partial charge on any atom is 0.0934 e. The third-order valence-corrected chi connectivity index (χ3v) is 11.8. The summed E-state index contributed by atoms with van der Waals surface area (Å²) in [5.74, 6) is 2.84.